The van der Waals surface area contributed by atoms with Crippen molar-refractivity contribution in [2.24, 2.45) is 0 Å². The summed E-state index contributed by atoms with van der Waals surface area (Å²) in [6, 6.07) is 22.0. The second kappa shape index (κ2) is 10.6. The molecule has 0 aliphatic carbocycles. The van der Waals surface area contributed by atoms with Gasteiger partial charge in [0, 0.05) is 16.5 Å². The van der Waals surface area contributed by atoms with Crippen molar-refractivity contribution in [2.45, 2.75) is 5.22 Å². The normalized spacial score (nSPS) is 10.9. The summed E-state index contributed by atoms with van der Waals surface area (Å²) in [7, 11) is 0. The van der Waals surface area contributed by atoms with Crippen LogP contribution in [0.1, 0.15) is 15.2 Å². The highest BCUT2D eigenvalue weighted by Gasteiger charge is 2.19. The standard InChI is InChI=1S/C26H18N4O7S/c31-20-9-6-17(7-10-20)23(32)15-38-26-28-27-25(37-26)18-8-11-21-19(12-18)13-22(16-4-2-1-3-5-16)29(21)24(33)14-36-30(34)35/h1-13,31H,14-15H2. The fourth-order valence-corrected chi connectivity index (χ4v) is 4.51. The van der Waals surface area contributed by atoms with E-state index in [2.05, 4.69) is 15.0 Å². The SMILES string of the molecule is O=C(CSc1nnc(-c2ccc3c(c2)cc(-c2ccccc2)n3C(=O)CO[N+](=O)[O-])o1)c1ccc(O)cc1. The number of hydrogen-bond donors (Lipinski definition) is 1. The van der Waals surface area contributed by atoms with E-state index < -0.39 is 17.6 Å². The lowest BCUT2D eigenvalue weighted by Crippen LogP contribution is -2.20. The van der Waals surface area contributed by atoms with Crippen molar-refractivity contribution in [1.82, 2.24) is 14.8 Å². The van der Waals surface area contributed by atoms with Crippen LogP contribution in [-0.2, 0) is 4.84 Å². The molecule has 0 atom stereocenters. The van der Waals surface area contributed by atoms with Gasteiger partial charge in [-0.2, -0.15) is 0 Å². The highest BCUT2D eigenvalue weighted by atomic mass is 32.2. The Labute approximate surface area is 218 Å². The van der Waals surface area contributed by atoms with E-state index in [1.165, 1.54) is 28.8 Å². The number of phenols is 1. The Morgan fingerprint density at radius 2 is 1.76 bits per heavy atom. The monoisotopic (exact) mass is 530 g/mol. The number of aromatic hydroxyl groups is 1. The topological polar surface area (TPSA) is 151 Å². The minimum atomic E-state index is -1.01. The first-order chi connectivity index (χ1) is 18.4. The summed E-state index contributed by atoms with van der Waals surface area (Å²) < 4.78 is 7.11. The third-order valence-electron chi connectivity index (χ3n) is 5.58. The molecule has 1 N–H and O–H groups in total. The number of phenolic OH excluding ortho intramolecular Hbond substituents is 1. The molecule has 0 bridgehead atoms. The summed E-state index contributed by atoms with van der Waals surface area (Å²) in [5.41, 5.74) is 2.86. The molecular formula is C26H18N4O7S. The van der Waals surface area contributed by atoms with Crippen molar-refractivity contribution < 1.29 is 29.0 Å². The van der Waals surface area contributed by atoms with Crippen LogP contribution in [0.3, 0.4) is 0 Å². The molecule has 0 aliphatic heterocycles. The molecule has 0 aliphatic rings. The number of carbonyl (C=O) groups excluding carboxylic acids is 2. The Hall–Kier alpha value is -4.97. The van der Waals surface area contributed by atoms with Gasteiger partial charge in [-0.3, -0.25) is 14.2 Å². The average Bonchev–Trinajstić information content (AvgIpc) is 3.56. The first kappa shape index (κ1) is 24.7. The highest BCUT2D eigenvalue weighted by molar-refractivity contribution is 7.99. The molecule has 2 aromatic heterocycles. The van der Waals surface area contributed by atoms with Gasteiger partial charge in [-0.05, 0) is 54.1 Å². The van der Waals surface area contributed by atoms with Gasteiger partial charge in [0.15, 0.2) is 12.4 Å². The number of aromatic nitrogens is 3. The van der Waals surface area contributed by atoms with Crippen molar-refractivity contribution in [2.75, 3.05) is 12.4 Å². The summed E-state index contributed by atoms with van der Waals surface area (Å²) >= 11 is 1.09. The van der Waals surface area contributed by atoms with Gasteiger partial charge in [0.1, 0.15) is 5.75 Å². The number of benzene rings is 3. The molecule has 0 amide bonds. The second-order valence-corrected chi connectivity index (χ2v) is 8.95. The number of thioether (sulfide) groups is 1. The van der Waals surface area contributed by atoms with Crippen LogP contribution in [0.5, 0.6) is 5.75 Å². The molecule has 5 rings (SSSR count). The van der Waals surface area contributed by atoms with Gasteiger partial charge in [0.05, 0.1) is 17.0 Å². The van der Waals surface area contributed by atoms with E-state index in [9.17, 15) is 24.8 Å². The number of ketones is 1. The Kier molecular flexibility index (Phi) is 6.87. The number of Topliss-reactive ketones (excluding diaryl/α,β-unsaturated/α-hetero) is 1. The molecular weight excluding hydrogens is 512 g/mol. The van der Waals surface area contributed by atoms with Crippen LogP contribution in [0.15, 0.2) is 88.5 Å². The molecule has 11 nitrogen and oxygen atoms in total. The number of nitrogens with zero attached hydrogens (tertiary/aromatic N) is 4. The number of hydrogen-bond acceptors (Lipinski definition) is 10. The largest absolute Gasteiger partial charge is 0.508 e. The fourth-order valence-electron chi connectivity index (χ4n) is 3.85. The van der Waals surface area contributed by atoms with Gasteiger partial charge in [-0.1, -0.05) is 42.1 Å². The molecule has 0 saturated carbocycles. The minimum absolute atomic E-state index is 0.0725. The average molecular weight is 531 g/mol. The van der Waals surface area contributed by atoms with Gasteiger partial charge in [-0.15, -0.1) is 20.3 Å². The molecule has 3 aromatic carbocycles. The van der Waals surface area contributed by atoms with Crippen molar-refractivity contribution in [1.29, 1.82) is 0 Å². The van der Waals surface area contributed by atoms with Gasteiger partial charge in [-0.25, -0.2) is 0 Å². The molecule has 5 aromatic rings. The zero-order valence-electron chi connectivity index (χ0n) is 19.5. The molecule has 0 spiro atoms. The van der Waals surface area contributed by atoms with Gasteiger partial charge < -0.3 is 14.4 Å². The zero-order valence-corrected chi connectivity index (χ0v) is 20.3. The molecule has 2 heterocycles. The highest BCUT2D eigenvalue weighted by Crippen LogP contribution is 2.32. The summed E-state index contributed by atoms with van der Waals surface area (Å²) in [6.07, 6.45) is 0. The first-order valence-electron chi connectivity index (χ1n) is 11.2. The van der Waals surface area contributed by atoms with Crippen molar-refractivity contribution in [3.8, 4) is 28.5 Å². The van der Waals surface area contributed by atoms with E-state index in [4.69, 9.17) is 4.42 Å². The van der Waals surface area contributed by atoms with Crippen molar-refractivity contribution >= 4 is 34.4 Å². The van der Waals surface area contributed by atoms with Gasteiger partial charge in [0.25, 0.3) is 16.2 Å². The molecule has 0 unspecified atom stereocenters. The maximum atomic E-state index is 12.9. The lowest BCUT2D eigenvalue weighted by atomic mass is 10.1. The maximum Gasteiger partial charge on any atom is 0.295 e. The summed E-state index contributed by atoms with van der Waals surface area (Å²) in [5, 5.41) is 28.0. The van der Waals surface area contributed by atoms with Crippen molar-refractivity contribution in [3.63, 3.8) is 0 Å². The quantitative estimate of drug-likeness (QED) is 0.121. The van der Waals surface area contributed by atoms with Crippen LogP contribution >= 0.6 is 11.8 Å². The minimum Gasteiger partial charge on any atom is -0.508 e. The number of carbonyl (C=O) groups is 2. The lowest BCUT2D eigenvalue weighted by molar-refractivity contribution is -0.754. The van der Waals surface area contributed by atoms with E-state index in [1.54, 1.807) is 24.3 Å². The van der Waals surface area contributed by atoms with E-state index >= 15 is 0 Å². The summed E-state index contributed by atoms with van der Waals surface area (Å²) in [5.74, 6) is -0.380. The van der Waals surface area contributed by atoms with Crippen LogP contribution < -0.4 is 0 Å². The molecule has 38 heavy (non-hydrogen) atoms. The first-order valence-corrected chi connectivity index (χ1v) is 12.2. The Morgan fingerprint density at radius 3 is 2.50 bits per heavy atom. The second-order valence-electron chi connectivity index (χ2n) is 8.03. The predicted octanol–water partition coefficient (Wildman–Crippen LogP) is 4.89. The van der Waals surface area contributed by atoms with Crippen LogP contribution in [0.25, 0.3) is 33.6 Å². The predicted molar refractivity (Wildman–Crippen MR) is 137 cm³/mol. The molecule has 0 radical (unpaired) electrons. The van der Waals surface area contributed by atoms with Crippen molar-refractivity contribution in [3.05, 3.63) is 94.5 Å². The Bertz CT molecular complexity index is 1650. The smallest absolute Gasteiger partial charge is 0.295 e. The lowest BCUT2D eigenvalue weighted by Gasteiger charge is -2.09. The van der Waals surface area contributed by atoms with Gasteiger partial charge in [0.2, 0.25) is 5.89 Å². The third kappa shape index (κ3) is 5.25. The van der Waals surface area contributed by atoms with Crippen LogP contribution in [0.4, 0.5) is 0 Å². The zero-order chi connectivity index (χ0) is 26.6. The van der Waals surface area contributed by atoms with E-state index in [1.807, 2.05) is 30.3 Å². The molecule has 12 heteroatoms. The molecule has 0 saturated heterocycles. The number of fused-ring (bicyclic) bond motifs is 1. The van der Waals surface area contributed by atoms with E-state index in [-0.39, 0.29) is 28.4 Å². The van der Waals surface area contributed by atoms with Crippen LogP contribution in [-0.4, -0.2) is 49.0 Å². The third-order valence-corrected chi connectivity index (χ3v) is 6.40. The Morgan fingerprint density at radius 1 is 1.00 bits per heavy atom. The summed E-state index contributed by atoms with van der Waals surface area (Å²) in [6.45, 7) is -0.731. The van der Waals surface area contributed by atoms with Gasteiger partial charge >= 0.3 is 0 Å². The van der Waals surface area contributed by atoms with E-state index in [0.29, 0.717) is 27.7 Å². The van der Waals surface area contributed by atoms with Crippen LogP contribution in [0, 0.1) is 10.1 Å². The molecule has 190 valence electrons. The van der Waals surface area contributed by atoms with Crippen LogP contribution in [0.2, 0.25) is 0 Å². The molecule has 0 fully saturated rings. The number of rotatable bonds is 9. The summed E-state index contributed by atoms with van der Waals surface area (Å²) in [4.78, 5) is 40.2. The fraction of sp³-hybridized carbons (Fsp3) is 0.0769. The maximum absolute atomic E-state index is 12.9. The Balaban J connectivity index is 1.40. The van der Waals surface area contributed by atoms with E-state index in [0.717, 1.165) is 17.3 Å².